The summed E-state index contributed by atoms with van der Waals surface area (Å²) < 4.78 is 12.0. The fraction of sp³-hybridized carbons (Fsp3) is 0.355. The molecule has 1 aromatic heterocycles. The van der Waals surface area contributed by atoms with Crippen LogP contribution in [0.2, 0.25) is 0 Å². The fourth-order valence-electron chi connectivity index (χ4n) is 5.39. The van der Waals surface area contributed by atoms with Crippen LogP contribution in [0.5, 0.6) is 0 Å². The smallest absolute Gasteiger partial charge is 0.255 e. The molecule has 2 aliphatic heterocycles. The summed E-state index contributed by atoms with van der Waals surface area (Å²) in [6.07, 6.45) is 3.85. The maximum Gasteiger partial charge on any atom is 0.255 e. The summed E-state index contributed by atoms with van der Waals surface area (Å²) in [6, 6.07) is 21.8. The lowest BCUT2D eigenvalue weighted by atomic mass is 9.97. The van der Waals surface area contributed by atoms with Crippen molar-refractivity contribution in [1.82, 2.24) is 9.88 Å². The van der Waals surface area contributed by atoms with Crippen molar-refractivity contribution in [2.24, 2.45) is 0 Å². The van der Waals surface area contributed by atoms with Gasteiger partial charge in [0.15, 0.2) is 23.8 Å². The second kappa shape index (κ2) is 10.9. The maximum atomic E-state index is 13.7. The van der Waals surface area contributed by atoms with Crippen LogP contribution in [0.3, 0.4) is 0 Å². The van der Waals surface area contributed by atoms with E-state index in [2.05, 4.69) is 11.1 Å². The number of carbonyl (C=O) groups excluding carboxylic acids is 2. The third-order valence-corrected chi connectivity index (χ3v) is 7.24. The Balaban J connectivity index is 1.26. The van der Waals surface area contributed by atoms with Crippen molar-refractivity contribution < 1.29 is 19.1 Å². The van der Waals surface area contributed by atoms with Crippen molar-refractivity contribution in [2.45, 2.75) is 63.6 Å². The Hall–Kier alpha value is -3.86. The predicted molar refractivity (Wildman–Crippen MR) is 142 cm³/mol. The summed E-state index contributed by atoms with van der Waals surface area (Å²) in [5.41, 5.74) is 4.33. The van der Waals surface area contributed by atoms with Gasteiger partial charge in [0.25, 0.3) is 5.91 Å². The zero-order valence-corrected chi connectivity index (χ0v) is 21.7. The van der Waals surface area contributed by atoms with Gasteiger partial charge in [0.05, 0.1) is 11.6 Å². The van der Waals surface area contributed by atoms with E-state index in [4.69, 9.17) is 9.47 Å². The van der Waals surface area contributed by atoms with Gasteiger partial charge in [0.1, 0.15) is 6.07 Å². The zero-order chi connectivity index (χ0) is 26.7. The molecular formula is C31H31N3O4. The summed E-state index contributed by atoms with van der Waals surface area (Å²) in [5, 5.41) is 9.35. The number of pyridine rings is 1. The number of aryl methyl sites for hydroxylation is 1. The first-order valence-electron chi connectivity index (χ1n) is 13.0. The molecule has 1 amide bonds. The second-order valence-corrected chi connectivity index (χ2v) is 10.3. The molecule has 2 saturated heterocycles. The molecule has 7 nitrogen and oxygen atoms in total. The fourth-order valence-corrected chi connectivity index (χ4v) is 5.39. The summed E-state index contributed by atoms with van der Waals surface area (Å²) in [4.78, 5) is 32.9. The minimum atomic E-state index is -1.02. The van der Waals surface area contributed by atoms with Crippen LogP contribution in [0.25, 0.3) is 11.1 Å². The first-order chi connectivity index (χ1) is 18.4. The predicted octanol–water partition coefficient (Wildman–Crippen LogP) is 5.01. The van der Waals surface area contributed by atoms with Gasteiger partial charge >= 0.3 is 0 Å². The molecule has 2 fully saturated rings. The molecule has 2 aliphatic rings. The number of hydrogen-bond acceptors (Lipinski definition) is 6. The third kappa shape index (κ3) is 5.38. The molecule has 0 radical (unpaired) electrons. The molecule has 0 aliphatic carbocycles. The summed E-state index contributed by atoms with van der Waals surface area (Å²) >= 11 is 0. The number of rotatable bonds is 7. The van der Waals surface area contributed by atoms with Crippen molar-refractivity contribution in [3.63, 3.8) is 0 Å². The van der Waals surface area contributed by atoms with Gasteiger partial charge in [0, 0.05) is 30.9 Å². The zero-order valence-electron chi connectivity index (χ0n) is 21.7. The van der Waals surface area contributed by atoms with Gasteiger partial charge in [-0.3, -0.25) is 14.6 Å². The molecule has 3 aromatic rings. The average Bonchev–Trinajstić information content (AvgIpc) is 3.56. The Labute approximate surface area is 223 Å². The Bertz CT molecular complexity index is 1350. The summed E-state index contributed by atoms with van der Waals surface area (Å²) in [7, 11) is 0. The van der Waals surface area contributed by atoms with Gasteiger partial charge in [-0.25, -0.2) is 0 Å². The van der Waals surface area contributed by atoms with E-state index in [0.29, 0.717) is 18.5 Å². The van der Waals surface area contributed by atoms with Gasteiger partial charge in [-0.2, -0.15) is 5.26 Å². The molecule has 7 heteroatoms. The second-order valence-electron chi connectivity index (χ2n) is 10.3. The summed E-state index contributed by atoms with van der Waals surface area (Å²) in [6.45, 7) is 4.12. The quantitative estimate of drug-likeness (QED) is 0.445. The first-order valence-corrected chi connectivity index (χ1v) is 13.0. The molecule has 1 unspecified atom stereocenters. The molecule has 2 aromatic carbocycles. The van der Waals surface area contributed by atoms with Crippen molar-refractivity contribution in [3.8, 4) is 17.2 Å². The van der Waals surface area contributed by atoms with Crippen molar-refractivity contribution >= 4 is 11.7 Å². The minimum Gasteiger partial charge on any atom is -0.336 e. The van der Waals surface area contributed by atoms with Gasteiger partial charge < -0.3 is 14.4 Å². The normalized spacial score (nSPS) is 22.2. The Morgan fingerprint density at radius 2 is 1.79 bits per heavy atom. The molecule has 3 atom stereocenters. The van der Waals surface area contributed by atoms with E-state index in [1.165, 1.54) is 0 Å². The highest BCUT2D eigenvalue weighted by molar-refractivity contribution is 5.93. The average molecular weight is 510 g/mol. The molecule has 38 heavy (non-hydrogen) atoms. The van der Waals surface area contributed by atoms with E-state index < -0.39 is 18.0 Å². The molecule has 0 N–H and O–H groups in total. The van der Waals surface area contributed by atoms with Crippen LogP contribution in [-0.4, -0.2) is 46.1 Å². The highest BCUT2D eigenvalue weighted by Crippen LogP contribution is 2.36. The Kier molecular flexibility index (Phi) is 7.37. The number of hydrogen-bond donors (Lipinski definition) is 0. The largest absolute Gasteiger partial charge is 0.336 e. The van der Waals surface area contributed by atoms with Crippen LogP contribution in [-0.2, 0) is 25.5 Å². The maximum absolute atomic E-state index is 13.7. The number of amides is 1. The van der Waals surface area contributed by atoms with E-state index >= 15 is 0 Å². The van der Waals surface area contributed by atoms with Gasteiger partial charge in [-0.15, -0.1) is 0 Å². The number of likely N-dealkylation sites (tertiary alicyclic amines) is 1. The van der Waals surface area contributed by atoms with E-state index in [1.54, 1.807) is 26.2 Å². The Morgan fingerprint density at radius 3 is 2.53 bits per heavy atom. The lowest BCUT2D eigenvalue weighted by Gasteiger charge is -2.28. The number of ether oxygens (including phenoxy) is 2. The van der Waals surface area contributed by atoms with E-state index in [-0.39, 0.29) is 24.2 Å². The van der Waals surface area contributed by atoms with E-state index in [1.807, 2.05) is 65.6 Å². The first kappa shape index (κ1) is 25.8. The van der Waals surface area contributed by atoms with Crippen molar-refractivity contribution in [1.29, 1.82) is 5.26 Å². The van der Waals surface area contributed by atoms with Crippen LogP contribution in [0.15, 0.2) is 73.1 Å². The third-order valence-electron chi connectivity index (χ3n) is 7.24. The van der Waals surface area contributed by atoms with Crippen LogP contribution in [0.1, 0.15) is 55.8 Å². The van der Waals surface area contributed by atoms with E-state index in [0.717, 1.165) is 35.1 Å². The van der Waals surface area contributed by atoms with Crippen LogP contribution >= 0.6 is 0 Å². The number of carbonyl (C=O) groups is 2. The van der Waals surface area contributed by atoms with E-state index in [9.17, 15) is 14.9 Å². The lowest BCUT2D eigenvalue weighted by Crippen LogP contribution is -2.46. The standard InChI is InChI=1S/C31H31N3O4/c1-31(2)37-28(29(38-31)30(36)34-18-6-9-26(34)23-7-4-3-5-8-23)27(35)15-12-21-10-13-22(14-11-21)25-16-17-33-20-24(25)19-32/h3-5,7-8,10-11,13-14,16-17,20,26,28-29H,6,9,12,15,18H2,1-2H3/t26?,28-,29+/m0/s1. The van der Waals surface area contributed by atoms with Crippen LogP contribution < -0.4 is 0 Å². The molecule has 0 saturated carbocycles. The highest BCUT2D eigenvalue weighted by atomic mass is 16.8. The van der Waals surface area contributed by atoms with Crippen molar-refractivity contribution in [2.75, 3.05) is 6.54 Å². The molecule has 0 spiro atoms. The SMILES string of the molecule is CC1(C)O[C@@H](C(=O)CCc2ccc(-c3ccncc3C#N)cc2)[C@H](C(=O)N2CCCC2c2ccccc2)O1. The van der Waals surface area contributed by atoms with Gasteiger partial charge in [-0.1, -0.05) is 54.6 Å². The molecule has 194 valence electrons. The Morgan fingerprint density at radius 1 is 1.05 bits per heavy atom. The number of Topliss-reactive ketones (excluding diaryl/α,β-unsaturated/α-hetero) is 1. The van der Waals surface area contributed by atoms with Crippen molar-refractivity contribution in [3.05, 3.63) is 89.7 Å². The molecule has 5 rings (SSSR count). The number of nitrogens with zero attached hydrogens (tertiary/aromatic N) is 3. The van der Waals surface area contributed by atoms with Gasteiger partial charge in [-0.05, 0) is 55.9 Å². The minimum absolute atomic E-state index is 0.0211. The number of ketones is 1. The molecular weight excluding hydrogens is 478 g/mol. The molecule has 0 bridgehead atoms. The monoisotopic (exact) mass is 509 g/mol. The van der Waals surface area contributed by atoms with Crippen LogP contribution in [0.4, 0.5) is 0 Å². The molecule has 3 heterocycles. The topological polar surface area (TPSA) is 92.5 Å². The number of nitriles is 1. The number of aromatic nitrogens is 1. The summed E-state index contributed by atoms with van der Waals surface area (Å²) in [5.74, 6) is -1.35. The van der Waals surface area contributed by atoms with Gasteiger partial charge in [0.2, 0.25) is 0 Å². The van der Waals surface area contributed by atoms with Crippen LogP contribution in [0, 0.1) is 11.3 Å². The number of benzene rings is 2. The lowest BCUT2D eigenvalue weighted by molar-refractivity contribution is -0.163. The highest BCUT2D eigenvalue weighted by Gasteiger charge is 2.50.